The number of aromatic nitrogens is 8. The molecular formula is C92H84B2Br3IN10O18S6. The normalized spacial score (nSPS) is 11.6. The molecule has 0 radical (unpaired) electrons. The van der Waals surface area contributed by atoms with Crippen LogP contribution in [0.5, 0.6) is 0 Å². The molecule has 0 saturated carbocycles. The van der Waals surface area contributed by atoms with Crippen molar-refractivity contribution in [3.8, 4) is 44.5 Å². The molecule has 0 aliphatic heterocycles. The second kappa shape index (κ2) is 43.6. The second-order valence-corrected chi connectivity index (χ2v) is 45.6. The summed E-state index contributed by atoms with van der Waals surface area (Å²) in [4.78, 5) is 47.5. The van der Waals surface area contributed by atoms with Gasteiger partial charge in [0.25, 0.3) is 20.0 Å². The second-order valence-electron chi connectivity index (χ2n) is 29.0. The first kappa shape index (κ1) is 101. The van der Waals surface area contributed by atoms with Crippen molar-refractivity contribution in [1.82, 2.24) is 37.8 Å². The maximum Gasteiger partial charge on any atom is 0.488 e. The number of H-pyrrole nitrogens is 2. The predicted octanol–water partition coefficient (Wildman–Crippen LogP) is 16.0. The Balaban J connectivity index is 0.000000157. The van der Waals surface area contributed by atoms with Crippen LogP contribution in [-0.4, -0.2) is 158 Å². The summed E-state index contributed by atoms with van der Waals surface area (Å²) in [7, 11) is -23.9. The molecule has 0 atom stereocenters. The number of fused-ring (bicyclic) bond motifs is 4. The third-order valence-electron chi connectivity index (χ3n) is 20.1. The minimum absolute atomic E-state index is 0.00201. The van der Waals surface area contributed by atoms with Gasteiger partial charge in [-0.05, 0) is 251 Å². The molecule has 0 fully saturated rings. The summed E-state index contributed by atoms with van der Waals surface area (Å²) >= 11 is 12.3. The van der Waals surface area contributed by atoms with Gasteiger partial charge in [-0.3, -0.25) is 9.59 Å². The maximum absolute atomic E-state index is 13.4. The van der Waals surface area contributed by atoms with E-state index in [1.165, 1.54) is 59.7 Å². The van der Waals surface area contributed by atoms with Crippen molar-refractivity contribution in [1.29, 1.82) is 0 Å². The van der Waals surface area contributed by atoms with Crippen molar-refractivity contribution in [2.75, 3.05) is 33.6 Å². The molecule has 8 heterocycles. The number of hydrogen-bond donors (Lipinski definition) is 8. The molecule has 0 aliphatic rings. The Morgan fingerprint density at radius 1 is 0.394 bits per heavy atom. The number of pyridine rings is 4. The first-order chi connectivity index (χ1) is 62.5. The van der Waals surface area contributed by atoms with Crippen LogP contribution in [0.1, 0.15) is 38.8 Å². The monoisotopic (exact) mass is 2190 g/mol. The quantitative estimate of drug-likeness (QED) is 0.0177. The highest BCUT2D eigenvalue weighted by Crippen LogP contribution is 2.38. The minimum atomic E-state index is -3.90. The SMILES string of the molecule is C=CC(=O)Nc1cccc(-c2cnc3[nH]cc(-c4cccc(S(=O)(=O)CC)c4)c3c2)c1.C=CC(=O)Nc1cccc(B(O)O)c1.CCS(=O)(=O)c1cccc(-c2c[nH]c3ncc(Br)cc23)c1.CCS(=O)(=O)c1cccc(-c2cn(S(=O)(=O)c3ccc(C)cc3)c3ncc(Br)cc23)c1.CCS(=O)(=O)c1cccc(B(O)O)c1.Cc1ccc(S(=O)(=O)n2cc(I)c3cc(Br)cnc32)cc1. The molecule has 8 aromatic carbocycles. The number of aryl methyl sites for hydroxylation is 2. The highest BCUT2D eigenvalue weighted by molar-refractivity contribution is 14.1. The van der Waals surface area contributed by atoms with Crippen LogP contribution in [0.4, 0.5) is 11.4 Å². The Hall–Kier alpha value is -11.2. The van der Waals surface area contributed by atoms with Crippen molar-refractivity contribution in [3.63, 3.8) is 0 Å². The summed E-state index contributed by atoms with van der Waals surface area (Å²) in [5, 5.41) is 43.9. The zero-order valence-corrected chi connectivity index (χ0v) is 82.9. The highest BCUT2D eigenvalue weighted by atomic mass is 127. The highest BCUT2D eigenvalue weighted by Gasteiger charge is 2.27. The van der Waals surface area contributed by atoms with Gasteiger partial charge in [-0.15, -0.1) is 0 Å². The Morgan fingerprint density at radius 2 is 0.742 bits per heavy atom. The van der Waals surface area contributed by atoms with Crippen LogP contribution >= 0.6 is 70.4 Å². The number of nitrogens with one attached hydrogen (secondary N) is 4. The molecule has 2 amide bonds. The van der Waals surface area contributed by atoms with Crippen LogP contribution in [0.15, 0.2) is 336 Å². The van der Waals surface area contributed by atoms with Gasteiger partial charge in [-0.25, -0.2) is 78.4 Å². The molecular weight excluding hydrogens is 2110 g/mol. The lowest BCUT2D eigenvalue weighted by molar-refractivity contribution is -0.112. The van der Waals surface area contributed by atoms with Gasteiger partial charge in [0.2, 0.25) is 11.8 Å². The molecule has 0 unspecified atom stereocenters. The zero-order chi connectivity index (χ0) is 96.0. The Morgan fingerprint density at radius 3 is 1.18 bits per heavy atom. The molecule has 16 rings (SSSR count). The summed E-state index contributed by atoms with van der Waals surface area (Å²) in [6.45, 7) is 17.0. The van der Waals surface area contributed by atoms with E-state index in [4.69, 9.17) is 20.1 Å². The molecule has 680 valence electrons. The Bertz CT molecular complexity index is 7790. The molecule has 28 nitrogen and oxygen atoms in total. The number of benzene rings is 8. The fourth-order valence-electron chi connectivity index (χ4n) is 13.0. The van der Waals surface area contributed by atoms with Crippen LogP contribution < -0.4 is 21.6 Å². The third-order valence-corrected chi connectivity index (χ3v) is 32.5. The lowest BCUT2D eigenvalue weighted by Crippen LogP contribution is -2.30. The number of amides is 2. The van der Waals surface area contributed by atoms with Crippen LogP contribution in [0.25, 0.3) is 88.6 Å². The maximum atomic E-state index is 13.4. The first-order valence-electron chi connectivity index (χ1n) is 39.9. The number of carbonyl (C=O) groups excluding carboxylic acids is 2. The van der Waals surface area contributed by atoms with Crippen molar-refractivity contribution >= 4 is 222 Å². The van der Waals surface area contributed by atoms with E-state index < -0.39 is 73.6 Å². The molecule has 0 saturated heterocycles. The number of sulfone groups is 4. The number of aromatic amines is 2. The predicted molar refractivity (Wildman–Crippen MR) is 538 cm³/mol. The summed E-state index contributed by atoms with van der Waals surface area (Å²) in [5.41, 5.74) is 12.2. The Labute approximate surface area is 803 Å². The van der Waals surface area contributed by atoms with Crippen molar-refractivity contribution < 1.29 is 80.2 Å². The number of halogens is 4. The molecule has 0 bridgehead atoms. The van der Waals surface area contributed by atoms with E-state index in [-0.39, 0.29) is 65.5 Å². The lowest BCUT2D eigenvalue weighted by Gasteiger charge is -2.07. The van der Waals surface area contributed by atoms with Gasteiger partial charge >= 0.3 is 14.2 Å². The van der Waals surface area contributed by atoms with E-state index in [2.05, 4.69) is 124 Å². The number of rotatable bonds is 22. The summed E-state index contributed by atoms with van der Waals surface area (Å²) in [6, 6.07) is 60.9. The van der Waals surface area contributed by atoms with Crippen molar-refractivity contribution in [3.05, 3.63) is 321 Å². The standard InChI is InChI=1S/C24H21N3O3S.C22H19BrN2O4S2.C15H13BrN2O2S.C14H10BrIN2O2S.C9H10BNO3.C8H11BO4S/c1-3-23(28)27-19-9-5-7-16(11-19)18-13-21-22(15-26-24(21)25-14-18)17-8-6-10-20(12-17)31(29,30)4-2;1-3-30(26,27)19-6-4-5-16(11-19)21-14-25(22-20(21)12-17(23)13-24-22)31(28,29)18-9-7-15(2)8-10-18;1-2-21(19,20)12-5-3-4-10(6-12)14-9-18-15-13(14)7-11(16)8-17-15;1-9-2-4-11(5-3-9)21(19,20)18-8-13(16)12-6-10(15)7-17-14(12)18;1-2-9(12)11-8-5-3-4-7(6-8)10(13)14;1-2-14(12,13)8-5-3-4-7(6-8)9(10)11/h3,5-15H,1,4H2,2H3,(H,25,26)(H,27,28);4-14H,3H2,1-2H3;3-9H,2H2,1H3,(H,17,18);2-8H,1H3;2-6,13-14H,1H2,(H,11,12);3-6,10-11H,2H2,1H3. The molecule has 8 N–H and O–H groups in total. The van der Waals surface area contributed by atoms with E-state index in [1.54, 1.807) is 185 Å². The van der Waals surface area contributed by atoms with Crippen molar-refractivity contribution in [2.24, 2.45) is 0 Å². The number of nitrogens with zero attached hydrogens (tertiary/aromatic N) is 6. The zero-order valence-electron chi connectivity index (χ0n) is 71.1. The van der Waals surface area contributed by atoms with E-state index in [9.17, 15) is 60.1 Å². The summed E-state index contributed by atoms with van der Waals surface area (Å²) < 4.78 is 154. The Kier molecular flexibility index (Phi) is 33.5. The molecule has 132 heavy (non-hydrogen) atoms. The van der Waals surface area contributed by atoms with Gasteiger partial charge in [0.15, 0.2) is 50.6 Å². The topological polar surface area (TPSA) is 437 Å². The largest absolute Gasteiger partial charge is 0.488 e. The van der Waals surface area contributed by atoms with Crippen LogP contribution in [-0.2, 0) is 69.0 Å². The molecule has 0 aliphatic carbocycles. The van der Waals surface area contributed by atoms with E-state index in [0.29, 0.717) is 58.9 Å². The van der Waals surface area contributed by atoms with Gasteiger partial charge in [0, 0.05) is 122 Å². The third kappa shape index (κ3) is 24.6. The van der Waals surface area contributed by atoms with Crippen LogP contribution in [0.3, 0.4) is 0 Å². The average Bonchev–Trinajstić information content (AvgIpc) is 1.59. The molecule has 0 spiro atoms. The van der Waals surface area contributed by atoms with E-state index in [0.717, 1.165) is 88.9 Å². The molecule has 16 aromatic rings. The number of anilines is 2. The van der Waals surface area contributed by atoms with Gasteiger partial charge in [0.05, 0.1) is 52.4 Å². The average molecular weight is 2200 g/mol. The first-order valence-corrected chi connectivity index (χ1v) is 52.8. The van der Waals surface area contributed by atoms with E-state index >= 15 is 0 Å². The summed E-state index contributed by atoms with van der Waals surface area (Å²) in [5.74, 6) is -0.493. The number of hydrogen-bond acceptors (Lipinski definition) is 22. The number of carbonyl (C=O) groups is 2. The van der Waals surface area contributed by atoms with Gasteiger partial charge in [-0.2, -0.15) is 0 Å². The fraction of sp³-hybridized carbons (Fsp3) is 0.109. The molecule has 40 heteroatoms. The van der Waals surface area contributed by atoms with Crippen molar-refractivity contribution in [2.45, 2.75) is 70.9 Å². The van der Waals surface area contributed by atoms with Gasteiger partial charge < -0.3 is 40.7 Å². The van der Waals surface area contributed by atoms with Gasteiger partial charge in [0.1, 0.15) is 11.3 Å². The van der Waals surface area contributed by atoms with Crippen LogP contribution in [0.2, 0.25) is 0 Å². The minimum Gasteiger partial charge on any atom is -0.423 e. The molecule has 8 aromatic heterocycles. The summed E-state index contributed by atoms with van der Waals surface area (Å²) in [6.07, 6.45) is 15.8. The van der Waals surface area contributed by atoms with E-state index in [1.807, 2.05) is 74.8 Å². The van der Waals surface area contributed by atoms with Crippen LogP contribution in [0, 0.1) is 17.4 Å². The fourth-order valence-corrected chi connectivity index (χ4v) is 21.2. The lowest BCUT2D eigenvalue weighted by atomic mass is 9.80. The van der Waals surface area contributed by atoms with Gasteiger partial charge in [-0.1, -0.05) is 149 Å². The smallest absolute Gasteiger partial charge is 0.423 e.